The van der Waals surface area contributed by atoms with Crippen molar-refractivity contribution in [1.82, 2.24) is 14.9 Å². The molecular formula is C27H24BrClN4OS. The third-order valence-electron chi connectivity index (χ3n) is 6.37. The normalized spacial score (nSPS) is 17.5. The summed E-state index contributed by atoms with van der Waals surface area (Å²) >= 11 is 15.8. The number of pyridine rings is 1. The minimum absolute atomic E-state index is 0.108. The van der Waals surface area contributed by atoms with Gasteiger partial charge in [0.15, 0.2) is 5.11 Å². The summed E-state index contributed by atoms with van der Waals surface area (Å²) in [5.41, 5.74) is 6.16. The molecule has 1 fully saturated rings. The van der Waals surface area contributed by atoms with Crippen LogP contribution in [0.15, 0.2) is 77.4 Å². The summed E-state index contributed by atoms with van der Waals surface area (Å²) in [7, 11) is 1.67. The number of anilines is 1. The van der Waals surface area contributed by atoms with Gasteiger partial charge in [-0.25, -0.2) is 0 Å². The minimum atomic E-state index is -0.123. The first-order valence-corrected chi connectivity index (χ1v) is 12.8. The number of methoxy groups -OCH3 is 1. The lowest BCUT2D eigenvalue weighted by Crippen LogP contribution is -2.29. The van der Waals surface area contributed by atoms with Crippen molar-refractivity contribution in [2.45, 2.75) is 25.9 Å². The molecule has 1 N–H and O–H groups in total. The number of hydrogen-bond acceptors (Lipinski definition) is 3. The summed E-state index contributed by atoms with van der Waals surface area (Å²) in [6, 6.07) is 21.8. The topological polar surface area (TPSA) is 42.3 Å². The summed E-state index contributed by atoms with van der Waals surface area (Å²) in [5.74, 6) is 0.758. The van der Waals surface area contributed by atoms with Crippen LogP contribution in [0.2, 0.25) is 5.02 Å². The highest BCUT2D eigenvalue weighted by Gasteiger charge is 2.42. The highest BCUT2D eigenvalue weighted by molar-refractivity contribution is 9.10. The Hall–Kier alpha value is -2.87. The first-order valence-electron chi connectivity index (χ1n) is 11.2. The van der Waals surface area contributed by atoms with Gasteiger partial charge in [-0.2, -0.15) is 0 Å². The highest BCUT2D eigenvalue weighted by atomic mass is 79.9. The molecule has 1 aliphatic rings. The third-order valence-corrected chi connectivity index (χ3v) is 7.45. The van der Waals surface area contributed by atoms with E-state index in [1.165, 1.54) is 0 Å². The average Bonchev–Trinajstić information content (AvgIpc) is 3.35. The fourth-order valence-electron chi connectivity index (χ4n) is 4.85. The molecule has 3 heterocycles. The van der Waals surface area contributed by atoms with Crippen molar-refractivity contribution in [2.24, 2.45) is 0 Å². The Kier molecular flexibility index (Phi) is 6.57. The van der Waals surface area contributed by atoms with Gasteiger partial charge in [0.2, 0.25) is 0 Å². The molecule has 0 unspecified atom stereocenters. The zero-order chi connectivity index (χ0) is 24.7. The van der Waals surface area contributed by atoms with Crippen LogP contribution >= 0.6 is 39.7 Å². The molecule has 5 nitrogen and oxygen atoms in total. The van der Waals surface area contributed by atoms with Crippen LogP contribution in [0.1, 0.15) is 34.7 Å². The van der Waals surface area contributed by atoms with Gasteiger partial charge in [-0.3, -0.25) is 4.98 Å². The Labute approximate surface area is 223 Å². The molecule has 1 saturated heterocycles. The quantitative estimate of drug-likeness (QED) is 0.261. The Morgan fingerprint density at radius 2 is 1.83 bits per heavy atom. The first kappa shape index (κ1) is 23.9. The molecule has 8 heteroatoms. The van der Waals surface area contributed by atoms with Crippen LogP contribution in [0.3, 0.4) is 0 Å². The van der Waals surface area contributed by atoms with E-state index in [1.807, 2.05) is 54.7 Å². The second-order valence-electron chi connectivity index (χ2n) is 8.45. The summed E-state index contributed by atoms with van der Waals surface area (Å²) in [4.78, 5) is 6.85. The Morgan fingerprint density at radius 1 is 1.06 bits per heavy atom. The molecule has 2 aromatic carbocycles. The number of rotatable bonds is 5. The molecule has 4 aromatic rings. The van der Waals surface area contributed by atoms with Crippen molar-refractivity contribution >= 4 is 50.5 Å². The van der Waals surface area contributed by atoms with Crippen LogP contribution in [-0.4, -0.2) is 21.8 Å². The van der Waals surface area contributed by atoms with E-state index in [2.05, 4.69) is 67.7 Å². The van der Waals surface area contributed by atoms with Crippen molar-refractivity contribution < 1.29 is 4.74 Å². The Morgan fingerprint density at radius 3 is 2.51 bits per heavy atom. The molecule has 35 heavy (non-hydrogen) atoms. The molecule has 2 atom stereocenters. The van der Waals surface area contributed by atoms with E-state index in [-0.39, 0.29) is 12.1 Å². The van der Waals surface area contributed by atoms with E-state index in [0.717, 1.165) is 44.2 Å². The van der Waals surface area contributed by atoms with E-state index in [9.17, 15) is 0 Å². The van der Waals surface area contributed by atoms with Gasteiger partial charge in [0.05, 0.1) is 30.6 Å². The molecule has 0 amide bonds. The van der Waals surface area contributed by atoms with Crippen molar-refractivity contribution in [2.75, 3.05) is 12.0 Å². The predicted octanol–water partition coefficient (Wildman–Crippen LogP) is 7.09. The van der Waals surface area contributed by atoms with Gasteiger partial charge in [0.25, 0.3) is 0 Å². The number of benzene rings is 2. The maximum atomic E-state index is 6.38. The van der Waals surface area contributed by atoms with Gasteiger partial charge >= 0.3 is 0 Å². The Bertz CT molecular complexity index is 1390. The van der Waals surface area contributed by atoms with Crippen LogP contribution in [0.5, 0.6) is 5.75 Å². The van der Waals surface area contributed by atoms with Gasteiger partial charge in [0, 0.05) is 32.8 Å². The molecule has 0 saturated carbocycles. The fraction of sp³-hybridized carbons (Fsp3) is 0.185. The summed E-state index contributed by atoms with van der Waals surface area (Å²) in [5, 5.41) is 4.86. The van der Waals surface area contributed by atoms with Gasteiger partial charge < -0.3 is 19.5 Å². The first-order chi connectivity index (χ1) is 16.9. The van der Waals surface area contributed by atoms with Crippen LogP contribution in [-0.2, 0) is 0 Å². The molecule has 0 radical (unpaired) electrons. The number of nitrogens with one attached hydrogen (secondary N) is 1. The summed E-state index contributed by atoms with van der Waals surface area (Å²) < 4.78 is 8.88. The maximum Gasteiger partial charge on any atom is 0.174 e. The zero-order valence-corrected chi connectivity index (χ0v) is 22.7. The predicted molar refractivity (Wildman–Crippen MR) is 149 cm³/mol. The van der Waals surface area contributed by atoms with Crippen LogP contribution in [0, 0.1) is 13.8 Å². The van der Waals surface area contributed by atoms with Crippen molar-refractivity contribution in [3.05, 3.63) is 105 Å². The smallest absolute Gasteiger partial charge is 0.174 e. The van der Waals surface area contributed by atoms with Crippen LogP contribution in [0.4, 0.5) is 5.69 Å². The number of nitrogens with zero attached hydrogens (tertiary/aromatic N) is 3. The molecule has 1 aliphatic heterocycles. The summed E-state index contributed by atoms with van der Waals surface area (Å²) in [6.45, 7) is 4.22. The van der Waals surface area contributed by atoms with Gasteiger partial charge in [-0.15, -0.1) is 0 Å². The molecule has 5 rings (SSSR count). The third kappa shape index (κ3) is 4.33. The minimum Gasteiger partial charge on any atom is -0.495 e. The van der Waals surface area contributed by atoms with Crippen molar-refractivity contribution in [3.63, 3.8) is 0 Å². The van der Waals surface area contributed by atoms with Crippen LogP contribution in [0.25, 0.3) is 5.69 Å². The van der Waals surface area contributed by atoms with Crippen LogP contribution < -0.4 is 15.0 Å². The number of aryl methyl sites for hydroxylation is 1. The van der Waals surface area contributed by atoms with Gasteiger partial charge in [-0.1, -0.05) is 33.6 Å². The van der Waals surface area contributed by atoms with E-state index >= 15 is 0 Å². The number of halogens is 2. The van der Waals surface area contributed by atoms with E-state index in [4.69, 9.17) is 28.6 Å². The van der Waals surface area contributed by atoms with E-state index in [1.54, 1.807) is 7.11 Å². The standard InChI is InChI=1S/C27H24BrClN4OS/c1-16-14-21(17(2)32(16)23-15-19(29)9-12-24(23)34-3)26-25(22-6-4-5-13-30-22)31-27(35)33(26)20-10-7-18(28)8-11-20/h4-15,25-26H,1-3H3,(H,31,35)/t25-,26-/m0/s1. The SMILES string of the molecule is COc1ccc(Cl)cc1-n1c(C)cc([C@H]2[C@H](c3ccccn3)NC(=S)N2c2ccc(Br)cc2)c1C. The number of ether oxygens (including phenoxy) is 1. The molecule has 0 aliphatic carbocycles. The molecule has 0 spiro atoms. The lowest BCUT2D eigenvalue weighted by molar-refractivity contribution is 0.412. The van der Waals surface area contributed by atoms with Gasteiger partial charge in [0.1, 0.15) is 5.75 Å². The van der Waals surface area contributed by atoms with Crippen molar-refractivity contribution in [3.8, 4) is 11.4 Å². The maximum absolute atomic E-state index is 6.38. The number of thiocarbonyl (C=S) groups is 1. The molecule has 2 aromatic heterocycles. The monoisotopic (exact) mass is 566 g/mol. The van der Waals surface area contributed by atoms with Crippen molar-refractivity contribution in [1.29, 1.82) is 0 Å². The van der Waals surface area contributed by atoms with Gasteiger partial charge in [-0.05, 0) is 92.3 Å². The fourth-order valence-corrected chi connectivity index (χ4v) is 5.62. The second kappa shape index (κ2) is 9.64. The highest BCUT2D eigenvalue weighted by Crippen LogP contribution is 2.44. The largest absolute Gasteiger partial charge is 0.495 e. The zero-order valence-electron chi connectivity index (χ0n) is 19.5. The molecule has 0 bridgehead atoms. The van der Waals surface area contributed by atoms with E-state index < -0.39 is 0 Å². The molecular weight excluding hydrogens is 544 g/mol. The number of aromatic nitrogens is 2. The second-order valence-corrected chi connectivity index (χ2v) is 10.2. The molecule has 178 valence electrons. The lowest BCUT2D eigenvalue weighted by Gasteiger charge is -2.28. The number of hydrogen-bond donors (Lipinski definition) is 1. The van der Waals surface area contributed by atoms with E-state index in [0.29, 0.717) is 10.1 Å². The summed E-state index contributed by atoms with van der Waals surface area (Å²) in [6.07, 6.45) is 1.82. The lowest BCUT2D eigenvalue weighted by atomic mass is 9.96. The average molecular weight is 568 g/mol. The Balaban J connectivity index is 1.70.